The number of nitrogens with one attached hydrogen (secondary N) is 1. The maximum Gasteiger partial charge on any atom is 0.244 e. The van der Waals surface area contributed by atoms with E-state index >= 15 is 0 Å². The Labute approximate surface area is 226 Å². The van der Waals surface area contributed by atoms with Gasteiger partial charge in [0.05, 0.1) is 26.2 Å². The fraction of sp³-hybridized carbons (Fsp3) is 0.500. The molecule has 10 heteroatoms. The predicted molar refractivity (Wildman–Crippen MR) is 148 cm³/mol. The molecule has 1 atom stereocenters. The van der Waals surface area contributed by atoms with Crippen molar-refractivity contribution >= 4 is 27.5 Å². The van der Waals surface area contributed by atoms with Crippen molar-refractivity contribution in [3.05, 3.63) is 53.6 Å². The van der Waals surface area contributed by atoms with E-state index in [-0.39, 0.29) is 29.9 Å². The SMILES string of the molecule is COc1ccc(N(CC(=O)N(Cc2cccc(C)c2)C(C)C(=O)NC2CCCCC2)S(C)(=O)=O)c(OC)c1. The second-order valence-electron chi connectivity index (χ2n) is 9.84. The number of hydrogen-bond donors (Lipinski definition) is 1. The summed E-state index contributed by atoms with van der Waals surface area (Å²) < 4.78 is 37.4. The van der Waals surface area contributed by atoms with Crippen LogP contribution in [0.4, 0.5) is 5.69 Å². The molecule has 1 N–H and O–H groups in total. The van der Waals surface area contributed by atoms with Crippen LogP contribution in [0.25, 0.3) is 0 Å². The minimum Gasteiger partial charge on any atom is -0.497 e. The molecular weight excluding hydrogens is 506 g/mol. The summed E-state index contributed by atoms with van der Waals surface area (Å²) in [4.78, 5) is 28.5. The van der Waals surface area contributed by atoms with Gasteiger partial charge in [-0.1, -0.05) is 49.1 Å². The van der Waals surface area contributed by atoms with Crippen LogP contribution in [0.3, 0.4) is 0 Å². The van der Waals surface area contributed by atoms with Crippen molar-refractivity contribution in [1.82, 2.24) is 10.2 Å². The number of aryl methyl sites for hydroxylation is 1. The minimum absolute atomic E-state index is 0.0886. The molecule has 1 aliphatic carbocycles. The lowest BCUT2D eigenvalue weighted by molar-refractivity contribution is -0.139. The Morgan fingerprint density at radius 3 is 2.37 bits per heavy atom. The number of ether oxygens (including phenoxy) is 2. The maximum atomic E-state index is 13.8. The van der Waals surface area contributed by atoms with Gasteiger partial charge in [0.1, 0.15) is 24.1 Å². The molecule has 2 aromatic rings. The lowest BCUT2D eigenvalue weighted by Gasteiger charge is -2.33. The van der Waals surface area contributed by atoms with E-state index in [9.17, 15) is 18.0 Å². The first-order valence-corrected chi connectivity index (χ1v) is 14.7. The number of benzene rings is 2. The third kappa shape index (κ3) is 7.63. The maximum absolute atomic E-state index is 13.8. The molecule has 38 heavy (non-hydrogen) atoms. The number of methoxy groups -OCH3 is 2. The van der Waals surface area contributed by atoms with Gasteiger partial charge in [0.15, 0.2) is 0 Å². The average Bonchev–Trinajstić information content (AvgIpc) is 2.89. The van der Waals surface area contributed by atoms with E-state index in [1.54, 1.807) is 19.1 Å². The molecule has 0 saturated heterocycles. The van der Waals surface area contributed by atoms with Gasteiger partial charge in [-0.3, -0.25) is 13.9 Å². The number of hydrogen-bond acceptors (Lipinski definition) is 6. The zero-order valence-electron chi connectivity index (χ0n) is 22.9. The molecular formula is C28H39N3O6S. The first-order chi connectivity index (χ1) is 18.0. The molecule has 0 bridgehead atoms. The highest BCUT2D eigenvalue weighted by molar-refractivity contribution is 7.92. The van der Waals surface area contributed by atoms with Gasteiger partial charge < -0.3 is 19.7 Å². The fourth-order valence-electron chi connectivity index (χ4n) is 4.74. The number of anilines is 1. The summed E-state index contributed by atoms with van der Waals surface area (Å²) in [5, 5.41) is 3.10. The minimum atomic E-state index is -3.88. The zero-order chi connectivity index (χ0) is 27.9. The van der Waals surface area contributed by atoms with E-state index in [0.717, 1.165) is 53.8 Å². The van der Waals surface area contributed by atoms with E-state index in [0.29, 0.717) is 5.75 Å². The van der Waals surface area contributed by atoms with Crippen LogP contribution in [0.15, 0.2) is 42.5 Å². The molecule has 0 heterocycles. The van der Waals surface area contributed by atoms with E-state index in [1.807, 2.05) is 31.2 Å². The number of carbonyl (C=O) groups is 2. The third-order valence-electron chi connectivity index (χ3n) is 6.89. The monoisotopic (exact) mass is 545 g/mol. The normalized spacial score (nSPS) is 14.9. The first-order valence-electron chi connectivity index (χ1n) is 12.9. The fourth-order valence-corrected chi connectivity index (χ4v) is 5.60. The molecule has 3 rings (SSSR count). The quantitative estimate of drug-likeness (QED) is 0.462. The largest absolute Gasteiger partial charge is 0.497 e. The van der Waals surface area contributed by atoms with Gasteiger partial charge >= 0.3 is 0 Å². The van der Waals surface area contributed by atoms with Gasteiger partial charge in [0.25, 0.3) is 0 Å². The molecule has 1 unspecified atom stereocenters. The van der Waals surface area contributed by atoms with Crippen LogP contribution in [0.1, 0.15) is 50.2 Å². The van der Waals surface area contributed by atoms with Crippen molar-refractivity contribution in [3.63, 3.8) is 0 Å². The van der Waals surface area contributed by atoms with Gasteiger partial charge in [-0.2, -0.15) is 0 Å². The Hall–Kier alpha value is -3.27. The van der Waals surface area contributed by atoms with Crippen molar-refractivity contribution in [1.29, 1.82) is 0 Å². The number of amides is 2. The summed E-state index contributed by atoms with van der Waals surface area (Å²) in [5.74, 6) is -0.0118. The second-order valence-corrected chi connectivity index (χ2v) is 11.7. The van der Waals surface area contributed by atoms with Crippen LogP contribution in [-0.4, -0.2) is 64.2 Å². The molecule has 2 aromatic carbocycles. The van der Waals surface area contributed by atoms with E-state index in [2.05, 4.69) is 5.32 Å². The molecule has 0 spiro atoms. The predicted octanol–water partition coefficient (Wildman–Crippen LogP) is 3.64. The van der Waals surface area contributed by atoms with Crippen LogP contribution in [0.5, 0.6) is 11.5 Å². The molecule has 1 fully saturated rings. The average molecular weight is 546 g/mol. The smallest absolute Gasteiger partial charge is 0.244 e. The van der Waals surface area contributed by atoms with Crippen molar-refractivity contribution in [3.8, 4) is 11.5 Å². The molecule has 2 amide bonds. The van der Waals surface area contributed by atoms with Crippen molar-refractivity contribution in [2.75, 3.05) is 31.3 Å². The van der Waals surface area contributed by atoms with E-state index in [1.165, 1.54) is 25.2 Å². The Kier molecular flexibility index (Phi) is 10.0. The molecule has 0 radical (unpaired) electrons. The van der Waals surface area contributed by atoms with Gasteiger partial charge in [0, 0.05) is 18.7 Å². The summed E-state index contributed by atoms with van der Waals surface area (Å²) in [6.45, 7) is 3.31. The molecule has 0 aromatic heterocycles. The molecule has 9 nitrogen and oxygen atoms in total. The third-order valence-corrected chi connectivity index (χ3v) is 8.02. The molecule has 208 valence electrons. The summed E-state index contributed by atoms with van der Waals surface area (Å²) in [5.41, 5.74) is 2.08. The summed E-state index contributed by atoms with van der Waals surface area (Å²) >= 11 is 0. The Morgan fingerprint density at radius 2 is 1.76 bits per heavy atom. The highest BCUT2D eigenvalue weighted by Gasteiger charge is 2.32. The topological polar surface area (TPSA) is 105 Å². The number of carbonyl (C=O) groups excluding carboxylic acids is 2. The molecule has 1 saturated carbocycles. The number of rotatable bonds is 11. The summed E-state index contributed by atoms with van der Waals surface area (Å²) in [7, 11) is -0.968. The van der Waals surface area contributed by atoms with Crippen molar-refractivity contribution < 1.29 is 27.5 Å². The van der Waals surface area contributed by atoms with Crippen molar-refractivity contribution in [2.24, 2.45) is 0 Å². The lowest BCUT2D eigenvalue weighted by atomic mass is 9.95. The van der Waals surface area contributed by atoms with Crippen LogP contribution >= 0.6 is 0 Å². The molecule has 0 aliphatic heterocycles. The zero-order valence-corrected chi connectivity index (χ0v) is 23.7. The van der Waals surface area contributed by atoms with Crippen LogP contribution < -0.4 is 19.1 Å². The molecule has 1 aliphatic rings. The Balaban J connectivity index is 1.92. The first kappa shape index (κ1) is 29.3. The Bertz CT molecular complexity index is 1230. The van der Waals surface area contributed by atoms with Crippen LogP contribution in [0.2, 0.25) is 0 Å². The Morgan fingerprint density at radius 1 is 1.05 bits per heavy atom. The summed E-state index contributed by atoms with van der Waals surface area (Å²) in [6, 6.07) is 11.7. The van der Waals surface area contributed by atoms with E-state index in [4.69, 9.17) is 9.47 Å². The van der Waals surface area contributed by atoms with Crippen LogP contribution in [0, 0.1) is 6.92 Å². The van der Waals surface area contributed by atoms with Gasteiger partial charge in [-0.05, 0) is 44.4 Å². The number of sulfonamides is 1. The van der Waals surface area contributed by atoms with Gasteiger partial charge in [0.2, 0.25) is 21.8 Å². The van der Waals surface area contributed by atoms with Crippen LogP contribution in [-0.2, 0) is 26.2 Å². The number of nitrogens with zero attached hydrogens (tertiary/aromatic N) is 2. The summed E-state index contributed by atoms with van der Waals surface area (Å²) in [6.07, 6.45) is 6.17. The second kappa shape index (κ2) is 13.0. The highest BCUT2D eigenvalue weighted by Crippen LogP contribution is 2.33. The highest BCUT2D eigenvalue weighted by atomic mass is 32.2. The van der Waals surface area contributed by atoms with Crippen molar-refractivity contribution in [2.45, 2.75) is 64.6 Å². The van der Waals surface area contributed by atoms with Gasteiger partial charge in [-0.15, -0.1) is 0 Å². The lowest BCUT2D eigenvalue weighted by Crippen LogP contribution is -2.53. The van der Waals surface area contributed by atoms with Gasteiger partial charge in [-0.25, -0.2) is 8.42 Å². The van der Waals surface area contributed by atoms with E-state index < -0.39 is 28.5 Å². The standard InChI is InChI=1S/C28H39N3O6S/c1-20-10-9-11-22(16-20)18-30(21(2)28(33)29-23-12-7-6-8-13-23)27(32)19-31(38(5,34)35)25-15-14-24(36-3)17-26(25)37-4/h9-11,14-17,21,23H,6-8,12-13,18-19H2,1-5H3,(H,29,33).